The minimum absolute atomic E-state index is 0.455. The van der Waals surface area contributed by atoms with Crippen molar-refractivity contribution in [2.45, 2.75) is 23.9 Å². The standard InChI is InChI=1S/C22H21N5S/c23-11-18-2-1-3-22(10-18)28-26-21-8-9-27(15-21)14-17-4-6-19(7-5-17)20-12-24-16-25-13-20/h1-7,10,12-13,16,21,26H,8-9,14-15H2/t21-/m1/s1. The molecular formula is C22H21N5S. The quantitative estimate of drug-likeness (QED) is 0.648. The maximum Gasteiger partial charge on any atom is 0.115 e. The van der Waals surface area contributed by atoms with Crippen LogP contribution in [0.1, 0.15) is 17.5 Å². The molecule has 2 aromatic carbocycles. The molecule has 0 amide bonds. The number of nitriles is 1. The second-order valence-corrected chi connectivity index (χ2v) is 7.82. The van der Waals surface area contributed by atoms with Crippen molar-refractivity contribution in [2.24, 2.45) is 0 Å². The molecule has 2 heterocycles. The molecule has 0 aliphatic carbocycles. The largest absolute Gasteiger partial charge is 0.297 e. The Kier molecular flexibility index (Phi) is 5.98. The van der Waals surface area contributed by atoms with Crippen LogP contribution >= 0.6 is 11.9 Å². The van der Waals surface area contributed by atoms with Gasteiger partial charge < -0.3 is 0 Å². The molecule has 1 saturated heterocycles. The Hall–Kier alpha value is -2.72. The van der Waals surface area contributed by atoms with Gasteiger partial charge in [0, 0.05) is 48.5 Å². The number of rotatable bonds is 6. The molecule has 0 radical (unpaired) electrons. The van der Waals surface area contributed by atoms with Crippen LogP contribution in [-0.4, -0.2) is 34.0 Å². The number of hydrogen-bond donors (Lipinski definition) is 1. The smallest absolute Gasteiger partial charge is 0.115 e. The summed E-state index contributed by atoms with van der Waals surface area (Å²) in [5.74, 6) is 0. The molecule has 1 aliphatic rings. The first-order valence-corrected chi connectivity index (χ1v) is 10.1. The summed E-state index contributed by atoms with van der Waals surface area (Å²) in [5.41, 5.74) is 4.19. The summed E-state index contributed by atoms with van der Waals surface area (Å²) >= 11 is 1.62. The highest BCUT2D eigenvalue weighted by Crippen LogP contribution is 2.22. The van der Waals surface area contributed by atoms with Crippen molar-refractivity contribution in [2.75, 3.05) is 13.1 Å². The van der Waals surface area contributed by atoms with Crippen molar-refractivity contribution in [3.05, 3.63) is 78.4 Å². The van der Waals surface area contributed by atoms with Gasteiger partial charge in [0.1, 0.15) is 6.33 Å². The van der Waals surface area contributed by atoms with Crippen molar-refractivity contribution in [3.8, 4) is 17.2 Å². The highest BCUT2D eigenvalue weighted by molar-refractivity contribution is 7.97. The normalized spacial score (nSPS) is 16.8. The van der Waals surface area contributed by atoms with E-state index < -0.39 is 0 Å². The Morgan fingerprint density at radius 3 is 2.71 bits per heavy atom. The molecule has 3 aromatic rings. The molecule has 4 rings (SSSR count). The molecule has 0 saturated carbocycles. The topological polar surface area (TPSA) is 64.8 Å². The Bertz CT molecular complexity index is 953. The summed E-state index contributed by atoms with van der Waals surface area (Å²) in [7, 11) is 0. The van der Waals surface area contributed by atoms with E-state index in [9.17, 15) is 0 Å². The van der Waals surface area contributed by atoms with E-state index in [1.54, 1.807) is 18.3 Å². The SMILES string of the molecule is N#Cc1cccc(SN[C@@H]2CCN(Cc3ccc(-c4cncnc4)cc3)C2)c1. The van der Waals surface area contributed by atoms with Crippen LogP contribution in [0.5, 0.6) is 0 Å². The zero-order chi connectivity index (χ0) is 19.2. The average Bonchev–Trinajstić information content (AvgIpc) is 3.21. The number of benzene rings is 2. The molecule has 140 valence electrons. The van der Waals surface area contributed by atoms with Crippen LogP contribution in [0.2, 0.25) is 0 Å². The Morgan fingerprint density at radius 1 is 1.11 bits per heavy atom. The van der Waals surface area contributed by atoms with E-state index in [1.807, 2.05) is 36.7 Å². The van der Waals surface area contributed by atoms with E-state index in [4.69, 9.17) is 5.26 Å². The van der Waals surface area contributed by atoms with Crippen molar-refractivity contribution in [1.82, 2.24) is 19.6 Å². The molecule has 5 nitrogen and oxygen atoms in total. The maximum absolute atomic E-state index is 9.01. The predicted molar refractivity (Wildman–Crippen MR) is 111 cm³/mol. The first kappa shape index (κ1) is 18.6. The van der Waals surface area contributed by atoms with Gasteiger partial charge in [-0.1, -0.05) is 30.3 Å². The number of nitrogens with zero attached hydrogens (tertiary/aromatic N) is 4. The third-order valence-electron chi connectivity index (χ3n) is 4.83. The molecule has 1 aromatic heterocycles. The van der Waals surface area contributed by atoms with Crippen molar-refractivity contribution < 1.29 is 0 Å². The van der Waals surface area contributed by atoms with E-state index in [-0.39, 0.29) is 0 Å². The Morgan fingerprint density at radius 2 is 1.93 bits per heavy atom. The summed E-state index contributed by atoms with van der Waals surface area (Å²) in [4.78, 5) is 11.7. The second-order valence-electron chi connectivity index (χ2n) is 6.90. The molecular weight excluding hydrogens is 366 g/mol. The molecule has 1 N–H and O–H groups in total. The average molecular weight is 388 g/mol. The summed E-state index contributed by atoms with van der Waals surface area (Å²) in [5, 5.41) is 9.01. The van der Waals surface area contributed by atoms with Gasteiger partial charge in [0.05, 0.1) is 11.6 Å². The van der Waals surface area contributed by atoms with Crippen molar-refractivity contribution in [3.63, 3.8) is 0 Å². The first-order valence-electron chi connectivity index (χ1n) is 9.29. The summed E-state index contributed by atoms with van der Waals surface area (Å²) < 4.78 is 3.55. The maximum atomic E-state index is 9.01. The number of likely N-dealkylation sites (tertiary alicyclic amines) is 1. The molecule has 28 heavy (non-hydrogen) atoms. The fraction of sp³-hybridized carbons (Fsp3) is 0.227. The predicted octanol–water partition coefficient (Wildman–Crippen LogP) is 3.89. The Labute approximate surface area is 169 Å². The minimum Gasteiger partial charge on any atom is -0.297 e. The molecule has 1 fully saturated rings. The zero-order valence-electron chi connectivity index (χ0n) is 15.5. The fourth-order valence-electron chi connectivity index (χ4n) is 3.36. The zero-order valence-corrected chi connectivity index (χ0v) is 16.3. The lowest BCUT2D eigenvalue weighted by Gasteiger charge is -2.17. The summed E-state index contributed by atoms with van der Waals surface area (Å²) in [6.07, 6.45) is 6.35. The molecule has 1 aliphatic heterocycles. The van der Waals surface area contributed by atoms with Gasteiger partial charge in [-0.15, -0.1) is 0 Å². The highest BCUT2D eigenvalue weighted by atomic mass is 32.2. The van der Waals surface area contributed by atoms with Gasteiger partial charge in [-0.05, 0) is 47.7 Å². The van der Waals surface area contributed by atoms with E-state index in [0.29, 0.717) is 11.6 Å². The van der Waals surface area contributed by atoms with Crippen LogP contribution in [0.4, 0.5) is 0 Å². The summed E-state index contributed by atoms with van der Waals surface area (Å²) in [6.45, 7) is 3.07. The van der Waals surface area contributed by atoms with Crippen LogP contribution < -0.4 is 4.72 Å². The lowest BCUT2D eigenvalue weighted by Crippen LogP contribution is -2.28. The van der Waals surface area contributed by atoms with E-state index in [2.05, 4.69) is 49.9 Å². The highest BCUT2D eigenvalue weighted by Gasteiger charge is 2.22. The summed E-state index contributed by atoms with van der Waals surface area (Å²) in [6, 6.07) is 19.0. The van der Waals surface area contributed by atoms with Crippen LogP contribution in [0.3, 0.4) is 0 Å². The third-order valence-corrected chi connectivity index (χ3v) is 5.77. The number of aromatic nitrogens is 2. The van der Waals surface area contributed by atoms with Gasteiger partial charge in [-0.3, -0.25) is 9.62 Å². The lowest BCUT2D eigenvalue weighted by atomic mass is 10.1. The molecule has 6 heteroatoms. The van der Waals surface area contributed by atoms with E-state index in [1.165, 1.54) is 5.56 Å². The van der Waals surface area contributed by atoms with E-state index >= 15 is 0 Å². The molecule has 1 atom stereocenters. The monoisotopic (exact) mass is 387 g/mol. The molecule has 0 bridgehead atoms. The van der Waals surface area contributed by atoms with Crippen molar-refractivity contribution in [1.29, 1.82) is 5.26 Å². The van der Waals surface area contributed by atoms with Crippen LogP contribution in [0.15, 0.2) is 72.1 Å². The number of hydrogen-bond acceptors (Lipinski definition) is 6. The number of nitrogens with one attached hydrogen (secondary N) is 1. The minimum atomic E-state index is 0.455. The van der Waals surface area contributed by atoms with Gasteiger partial charge >= 0.3 is 0 Å². The van der Waals surface area contributed by atoms with Crippen molar-refractivity contribution >= 4 is 11.9 Å². The van der Waals surface area contributed by atoms with Crippen LogP contribution in [0, 0.1) is 11.3 Å². The van der Waals surface area contributed by atoms with Gasteiger partial charge in [0.25, 0.3) is 0 Å². The third kappa shape index (κ3) is 4.76. The lowest BCUT2D eigenvalue weighted by molar-refractivity contribution is 0.325. The first-order chi connectivity index (χ1) is 13.8. The van der Waals surface area contributed by atoms with Crippen LogP contribution in [-0.2, 0) is 6.54 Å². The van der Waals surface area contributed by atoms with Gasteiger partial charge in [-0.25, -0.2) is 9.97 Å². The van der Waals surface area contributed by atoms with Gasteiger partial charge in [0.15, 0.2) is 0 Å². The molecule has 0 spiro atoms. The van der Waals surface area contributed by atoms with Gasteiger partial charge in [0.2, 0.25) is 0 Å². The van der Waals surface area contributed by atoms with Crippen LogP contribution in [0.25, 0.3) is 11.1 Å². The second kappa shape index (κ2) is 8.98. The van der Waals surface area contributed by atoms with E-state index in [0.717, 1.165) is 42.1 Å². The Balaban J connectivity index is 1.28. The molecule has 0 unspecified atom stereocenters. The van der Waals surface area contributed by atoms with Gasteiger partial charge in [-0.2, -0.15) is 5.26 Å². The fourth-order valence-corrected chi connectivity index (χ4v) is 4.19.